The second kappa shape index (κ2) is 6.54. The van der Waals surface area contributed by atoms with E-state index in [0.717, 1.165) is 25.9 Å². The van der Waals surface area contributed by atoms with E-state index in [2.05, 4.69) is 11.8 Å². The van der Waals surface area contributed by atoms with Crippen molar-refractivity contribution in [2.45, 2.75) is 32.2 Å². The quantitative estimate of drug-likeness (QED) is 0.874. The first-order valence-corrected chi connectivity index (χ1v) is 7.49. The third-order valence-electron chi connectivity index (χ3n) is 4.12. The van der Waals surface area contributed by atoms with Gasteiger partial charge in [0.2, 0.25) is 0 Å². The van der Waals surface area contributed by atoms with E-state index in [4.69, 9.17) is 22.1 Å². The summed E-state index contributed by atoms with van der Waals surface area (Å²) in [5.41, 5.74) is 6.13. The SMILES string of the molecule is CCN1CCCC1Cc1c(O)c(Cl)cc(C(N)=O)c1OC. The maximum Gasteiger partial charge on any atom is 0.252 e. The molecule has 1 heterocycles. The Morgan fingerprint density at radius 3 is 2.90 bits per heavy atom. The van der Waals surface area contributed by atoms with Crippen LogP contribution in [0, 0.1) is 0 Å². The molecule has 5 nitrogen and oxygen atoms in total. The van der Waals surface area contributed by atoms with E-state index in [-0.39, 0.29) is 16.3 Å². The van der Waals surface area contributed by atoms with Crippen molar-refractivity contribution in [3.05, 3.63) is 22.2 Å². The number of methoxy groups -OCH3 is 1. The van der Waals surface area contributed by atoms with Gasteiger partial charge in [0, 0.05) is 11.6 Å². The number of hydrogen-bond donors (Lipinski definition) is 2. The molecule has 0 saturated carbocycles. The first kappa shape index (κ1) is 15.9. The molecular weight excluding hydrogens is 292 g/mol. The number of carbonyl (C=O) groups excluding carboxylic acids is 1. The van der Waals surface area contributed by atoms with Gasteiger partial charge in [0.1, 0.15) is 11.5 Å². The van der Waals surface area contributed by atoms with Gasteiger partial charge < -0.3 is 20.5 Å². The number of carbonyl (C=O) groups is 1. The van der Waals surface area contributed by atoms with E-state index in [1.807, 2.05) is 0 Å². The van der Waals surface area contributed by atoms with E-state index in [1.165, 1.54) is 13.2 Å². The largest absolute Gasteiger partial charge is 0.506 e. The topological polar surface area (TPSA) is 75.8 Å². The second-order valence-corrected chi connectivity index (χ2v) is 5.67. The molecule has 1 atom stereocenters. The summed E-state index contributed by atoms with van der Waals surface area (Å²) in [4.78, 5) is 13.9. The van der Waals surface area contributed by atoms with Crippen LogP contribution in [0.2, 0.25) is 5.02 Å². The highest BCUT2D eigenvalue weighted by molar-refractivity contribution is 6.32. The van der Waals surface area contributed by atoms with Crippen LogP contribution in [-0.4, -0.2) is 42.2 Å². The van der Waals surface area contributed by atoms with Gasteiger partial charge in [0.05, 0.1) is 17.7 Å². The predicted molar refractivity (Wildman–Crippen MR) is 82.2 cm³/mol. The van der Waals surface area contributed by atoms with Crippen molar-refractivity contribution in [1.29, 1.82) is 0 Å². The van der Waals surface area contributed by atoms with E-state index in [0.29, 0.717) is 23.8 Å². The van der Waals surface area contributed by atoms with E-state index in [9.17, 15) is 9.90 Å². The molecule has 0 aromatic heterocycles. The zero-order valence-electron chi connectivity index (χ0n) is 12.4. The summed E-state index contributed by atoms with van der Waals surface area (Å²) >= 11 is 6.02. The Bertz CT molecular complexity index is 548. The zero-order valence-corrected chi connectivity index (χ0v) is 13.1. The van der Waals surface area contributed by atoms with Crippen molar-refractivity contribution in [2.24, 2.45) is 5.73 Å². The van der Waals surface area contributed by atoms with Crippen LogP contribution in [0.25, 0.3) is 0 Å². The lowest BCUT2D eigenvalue weighted by atomic mass is 9.98. The van der Waals surface area contributed by atoms with Gasteiger partial charge in [-0.3, -0.25) is 4.79 Å². The number of ether oxygens (including phenoxy) is 1. The summed E-state index contributed by atoms with van der Waals surface area (Å²) in [5.74, 6) is -0.317. The number of amides is 1. The molecule has 1 aromatic carbocycles. The highest BCUT2D eigenvalue weighted by atomic mass is 35.5. The molecule has 0 radical (unpaired) electrons. The number of likely N-dealkylation sites (N-methyl/N-ethyl adjacent to an activating group) is 1. The Morgan fingerprint density at radius 2 is 2.33 bits per heavy atom. The third-order valence-corrected chi connectivity index (χ3v) is 4.40. The van der Waals surface area contributed by atoms with Crippen LogP contribution in [0.5, 0.6) is 11.5 Å². The Morgan fingerprint density at radius 1 is 1.62 bits per heavy atom. The number of aromatic hydroxyl groups is 1. The van der Waals surface area contributed by atoms with Gasteiger partial charge in [-0.2, -0.15) is 0 Å². The number of rotatable bonds is 5. The molecule has 0 spiro atoms. The molecule has 1 saturated heterocycles. The van der Waals surface area contributed by atoms with Gasteiger partial charge >= 0.3 is 0 Å². The number of nitrogens with two attached hydrogens (primary N) is 1. The normalized spacial score (nSPS) is 18.9. The van der Waals surface area contributed by atoms with Crippen LogP contribution in [0.15, 0.2) is 6.07 Å². The predicted octanol–water partition coefficient (Wildman–Crippen LogP) is 2.18. The molecule has 0 bridgehead atoms. The Labute approximate surface area is 129 Å². The van der Waals surface area contributed by atoms with Crippen molar-refractivity contribution in [3.63, 3.8) is 0 Å². The average Bonchev–Trinajstić information content (AvgIpc) is 2.90. The van der Waals surface area contributed by atoms with E-state index < -0.39 is 5.91 Å². The van der Waals surface area contributed by atoms with Crippen molar-refractivity contribution in [3.8, 4) is 11.5 Å². The molecule has 1 unspecified atom stereocenters. The van der Waals surface area contributed by atoms with Crippen LogP contribution in [0.3, 0.4) is 0 Å². The van der Waals surface area contributed by atoms with Crippen LogP contribution in [0.4, 0.5) is 0 Å². The number of nitrogens with zero attached hydrogens (tertiary/aromatic N) is 1. The number of primary amides is 1. The molecule has 1 aromatic rings. The van der Waals surface area contributed by atoms with E-state index in [1.54, 1.807) is 0 Å². The van der Waals surface area contributed by atoms with Crippen LogP contribution < -0.4 is 10.5 Å². The lowest BCUT2D eigenvalue weighted by Crippen LogP contribution is -2.31. The molecule has 21 heavy (non-hydrogen) atoms. The molecule has 0 aliphatic carbocycles. The van der Waals surface area contributed by atoms with Gasteiger partial charge in [0.15, 0.2) is 0 Å². The first-order valence-electron chi connectivity index (χ1n) is 7.11. The summed E-state index contributed by atoms with van der Waals surface area (Å²) in [6.45, 7) is 4.12. The maximum atomic E-state index is 11.5. The second-order valence-electron chi connectivity index (χ2n) is 5.26. The molecule has 1 fully saturated rings. The smallest absolute Gasteiger partial charge is 0.252 e. The summed E-state index contributed by atoms with van der Waals surface area (Å²) in [6, 6.07) is 1.67. The average molecular weight is 313 g/mol. The van der Waals surface area contributed by atoms with Crippen molar-refractivity contribution >= 4 is 17.5 Å². The molecule has 116 valence electrons. The summed E-state index contributed by atoms with van der Waals surface area (Å²) in [6.07, 6.45) is 2.77. The standard InChI is InChI=1S/C15H21ClN2O3/c1-3-18-6-4-5-9(18)7-10-13(19)12(16)8-11(15(17)20)14(10)21-2/h8-9,19H,3-7H2,1-2H3,(H2,17,20). The van der Waals surface area contributed by atoms with Crippen LogP contribution >= 0.6 is 11.6 Å². The van der Waals surface area contributed by atoms with Gasteiger partial charge in [-0.15, -0.1) is 0 Å². The fourth-order valence-electron chi connectivity index (χ4n) is 3.06. The highest BCUT2D eigenvalue weighted by Crippen LogP contribution is 2.39. The van der Waals surface area contributed by atoms with Crippen LogP contribution in [-0.2, 0) is 6.42 Å². The molecule has 2 rings (SSSR count). The van der Waals surface area contributed by atoms with Gasteiger partial charge in [-0.25, -0.2) is 0 Å². The number of phenols is 1. The maximum absolute atomic E-state index is 11.5. The third kappa shape index (κ3) is 3.09. The minimum absolute atomic E-state index is 0.0264. The van der Waals surface area contributed by atoms with E-state index >= 15 is 0 Å². The fourth-order valence-corrected chi connectivity index (χ4v) is 3.28. The Kier molecular flexibility index (Phi) is 4.96. The molecule has 6 heteroatoms. The molecule has 1 amide bonds. The number of halogens is 1. The first-order chi connectivity index (χ1) is 9.99. The minimum Gasteiger partial charge on any atom is -0.506 e. The van der Waals surface area contributed by atoms with Crippen molar-refractivity contribution in [1.82, 2.24) is 4.90 Å². The Balaban J connectivity index is 2.43. The number of phenolic OH excluding ortho intramolecular Hbond substituents is 1. The number of benzene rings is 1. The van der Waals surface area contributed by atoms with Crippen LogP contribution in [0.1, 0.15) is 35.7 Å². The summed E-state index contributed by atoms with van der Waals surface area (Å²) < 4.78 is 5.31. The van der Waals surface area contributed by atoms with Gasteiger partial charge in [-0.1, -0.05) is 18.5 Å². The lowest BCUT2D eigenvalue weighted by Gasteiger charge is -2.24. The van der Waals surface area contributed by atoms with Crippen molar-refractivity contribution in [2.75, 3.05) is 20.2 Å². The lowest BCUT2D eigenvalue weighted by molar-refractivity contribution is 0.0997. The summed E-state index contributed by atoms with van der Waals surface area (Å²) in [7, 11) is 1.46. The zero-order chi connectivity index (χ0) is 15.6. The molecule has 1 aliphatic rings. The number of hydrogen-bond acceptors (Lipinski definition) is 4. The molecule has 1 aliphatic heterocycles. The van der Waals surface area contributed by atoms with Gasteiger partial charge in [-0.05, 0) is 38.4 Å². The van der Waals surface area contributed by atoms with Gasteiger partial charge in [0.25, 0.3) is 5.91 Å². The molecule has 3 N–H and O–H groups in total. The fraction of sp³-hybridized carbons (Fsp3) is 0.533. The van der Waals surface area contributed by atoms with Crippen molar-refractivity contribution < 1.29 is 14.6 Å². The Hall–Kier alpha value is -1.46. The number of likely N-dealkylation sites (tertiary alicyclic amines) is 1. The minimum atomic E-state index is -0.617. The highest BCUT2D eigenvalue weighted by Gasteiger charge is 2.28. The monoisotopic (exact) mass is 312 g/mol. The summed E-state index contributed by atoms with van der Waals surface area (Å²) in [5, 5.41) is 10.4. The molecular formula is C15H21ClN2O3.